The fourth-order valence-corrected chi connectivity index (χ4v) is 1.93. The number of carbonyl (C=O) groups excluding carboxylic acids is 3. The van der Waals surface area contributed by atoms with Crippen molar-refractivity contribution in [2.24, 2.45) is 0 Å². The molecule has 2 heterocycles. The maximum Gasteiger partial charge on any atom is 0.365 e. The van der Waals surface area contributed by atoms with Crippen molar-refractivity contribution in [2.45, 2.75) is 38.1 Å². The molecule has 0 saturated carbocycles. The van der Waals surface area contributed by atoms with E-state index in [9.17, 15) is 14.4 Å². The molecular weight excluding hydrogens is 268 g/mol. The van der Waals surface area contributed by atoms with Crippen LogP contribution in [-0.2, 0) is 33.3 Å². The summed E-state index contributed by atoms with van der Waals surface area (Å²) in [7, 11) is 0. The monoisotopic (exact) mass is 284 g/mol. The van der Waals surface area contributed by atoms with E-state index in [1.807, 2.05) is 0 Å². The Hall–Kier alpha value is -1.89. The molecule has 110 valence electrons. The third kappa shape index (κ3) is 2.67. The average Bonchev–Trinajstić information content (AvgIpc) is 3.00. The van der Waals surface area contributed by atoms with Crippen LogP contribution in [0.1, 0.15) is 26.2 Å². The fraction of sp³-hybridized carbons (Fsp3) is 0.615. The molecule has 0 aromatic heterocycles. The number of rotatable bonds is 4. The highest BCUT2D eigenvalue weighted by Gasteiger charge is 2.57. The Kier molecular flexibility index (Phi) is 4.08. The van der Waals surface area contributed by atoms with Crippen molar-refractivity contribution < 1.29 is 33.3 Å². The van der Waals surface area contributed by atoms with Gasteiger partial charge in [0.1, 0.15) is 0 Å². The molecule has 0 spiro atoms. The average molecular weight is 284 g/mol. The van der Waals surface area contributed by atoms with Crippen LogP contribution in [-0.4, -0.2) is 43.0 Å². The summed E-state index contributed by atoms with van der Waals surface area (Å²) >= 11 is 0. The van der Waals surface area contributed by atoms with Gasteiger partial charge in [-0.1, -0.05) is 6.58 Å². The number of hydrogen-bond donors (Lipinski definition) is 0. The zero-order chi connectivity index (χ0) is 14.8. The first kappa shape index (κ1) is 14.5. The summed E-state index contributed by atoms with van der Waals surface area (Å²) in [5.74, 6) is -2.72. The summed E-state index contributed by atoms with van der Waals surface area (Å²) in [6.45, 7) is 5.31. The molecule has 7 heteroatoms. The molecule has 2 rings (SSSR count). The smallest absolute Gasteiger partial charge is 0.365 e. The molecule has 0 aliphatic carbocycles. The Balaban J connectivity index is 2.13. The van der Waals surface area contributed by atoms with Gasteiger partial charge in [-0.15, -0.1) is 0 Å². The van der Waals surface area contributed by atoms with Crippen LogP contribution < -0.4 is 0 Å². The molecule has 0 aromatic rings. The molecule has 20 heavy (non-hydrogen) atoms. The molecule has 2 aliphatic heterocycles. The Labute approximate surface area is 115 Å². The van der Waals surface area contributed by atoms with Crippen molar-refractivity contribution in [1.29, 1.82) is 0 Å². The number of hydrogen-bond acceptors (Lipinski definition) is 7. The van der Waals surface area contributed by atoms with Crippen molar-refractivity contribution in [3.8, 4) is 0 Å². The SMILES string of the molecule is C=C(C)C(=O)OC1(C(=O)OC2CCCO2)CCOC1=O. The highest BCUT2D eigenvalue weighted by Crippen LogP contribution is 2.29. The van der Waals surface area contributed by atoms with Crippen molar-refractivity contribution in [3.63, 3.8) is 0 Å². The standard InChI is InChI=1S/C13H16O7/c1-8(2)10(14)20-13(5-7-18-11(13)15)12(16)19-9-4-3-6-17-9/h9H,1,3-7H2,2H3. The van der Waals surface area contributed by atoms with Crippen LogP contribution >= 0.6 is 0 Å². The lowest BCUT2D eigenvalue weighted by molar-refractivity contribution is -0.200. The molecule has 2 saturated heterocycles. The van der Waals surface area contributed by atoms with Crippen LogP contribution in [0.25, 0.3) is 0 Å². The van der Waals surface area contributed by atoms with Gasteiger partial charge in [0.2, 0.25) is 6.29 Å². The van der Waals surface area contributed by atoms with Gasteiger partial charge in [-0.3, -0.25) is 0 Å². The lowest BCUT2D eigenvalue weighted by atomic mass is 10.0. The van der Waals surface area contributed by atoms with Gasteiger partial charge in [-0.2, -0.15) is 0 Å². The van der Waals surface area contributed by atoms with Crippen molar-refractivity contribution in [2.75, 3.05) is 13.2 Å². The molecule has 2 atom stereocenters. The minimum Gasteiger partial charge on any atom is -0.462 e. The lowest BCUT2D eigenvalue weighted by Crippen LogP contribution is -2.49. The van der Waals surface area contributed by atoms with Gasteiger partial charge in [-0.05, 0) is 13.3 Å². The van der Waals surface area contributed by atoms with Gasteiger partial charge >= 0.3 is 23.5 Å². The maximum absolute atomic E-state index is 12.2. The predicted molar refractivity (Wildman–Crippen MR) is 64.3 cm³/mol. The normalized spacial score (nSPS) is 28.9. The first-order valence-corrected chi connectivity index (χ1v) is 6.34. The Morgan fingerprint density at radius 3 is 2.65 bits per heavy atom. The van der Waals surface area contributed by atoms with Gasteiger partial charge in [0.05, 0.1) is 13.2 Å². The summed E-state index contributed by atoms with van der Waals surface area (Å²) in [4.78, 5) is 35.6. The number of esters is 3. The third-order valence-corrected chi connectivity index (χ3v) is 3.09. The van der Waals surface area contributed by atoms with Crippen molar-refractivity contribution in [1.82, 2.24) is 0 Å². The van der Waals surface area contributed by atoms with Crippen LogP contribution in [0.2, 0.25) is 0 Å². The van der Waals surface area contributed by atoms with Crippen molar-refractivity contribution in [3.05, 3.63) is 12.2 Å². The molecule has 0 aromatic carbocycles. The number of ether oxygens (including phenoxy) is 4. The summed E-state index contributed by atoms with van der Waals surface area (Å²) < 4.78 is 20.0. The molecule has 2 unspecified atom stereocenters. The van der Waals surface area contributed by atoms with E-state index in [0.29, 0.717) is 13.0 Å². The van der Waals surface area contributed by atoms with E-state index in [4.69, 9.17) is 18.9 Å². The van der Waals surface area contributed by atoms with E-state index >= 15 is 0 Å². The van der Waals surface area contributed by atoms with Gasteiger partial charge in [-0.25, -0.2) is 14.4 Å². The highest BCUT2D eigenvalue weighted by atomic mass is 16.7. The predicted octanol–water partition coefficient (Wildman–Crippen LogP) is 0.471. The fourth-order valence-electron chi connectivity index (χ4n) is 1.93. The Morgan fingerprint density at radius 1 is 1.40 bits per heavy atom. The summed E-state index contributed by atoms with van der Waals surface area (Å²) in [5, 5.41) is 0. The van der Waals surface area contributed by atoms with Crippen LogP contribution in [0.4, 0.5) is 0 Å². The summed E-state index contributed by atoms with van der Waals surface area (Å²) in [6, 6.07) is 0. The molecule has 0 bridgehead atoms. The van der Waals surface area contributed by atoms with Crippen LogP contribution in [0.15, 0.2) is 12.2 Å². The van der Waals surface area contributed by atoms with E-state index in [1.165, 1.54) is 6.92 Å². The second kappa shape index (κ2) is 5.62. The summed E-state index contributed by atoms with van der Waals surface area (Å²) in [6.07, 6.45) is 0.527. The molecule has 2 aliphatic rings. The van der Waals surface area contributed by atoms with E-state index in [0.717, 1.165) is 6.42 Å². The van der Waals surface area contributed by atoms with Gasteiger partial charge < -0.3 is 18.9 Å². The first-order chi connectivity index (χ1) is 9.45. The lowest BCUT2D eigenvalue weighted by Gasteiger charge is -2.24. The minimum atomic E-state index is -2.04. The van der Waals surface area contributed by atoms with E-state index < -0.39 is 29.8 Å². The van der Waals surface area contributed by atoms with Gasteiger partial charge in [0.15, 0.2) is 0 Å². The summed E-state index contributed by atoms with van der Waals surface area (Å²) in [5.41, 5.74) is -1.96. The van der Waals surface area contributed by atoms with Crippen LogP contribution in [0.3, 0.4) is 0 Å². The molecular formula is C13H16O7. The van der Waals surface area contributed by atoms with E-state index in [1.54, 1.807) is 0 Å². The van der Waals surface area contributed by atoms with Crippen LogP contribution in [0.5, 0.6) is 0 Å². The molecule has 0 radical (unpaired) electrons. The Morgan fingerprint density at radius 2 is 2.15 bits per heavy atom. The number of carbonyl (C=O) groups is 3. The quantitative estimate of drug-likeness (QED) is 0.321. The third-order valence-electron chi connectivity index (χ3n) is 3.09. The van der Waals surface area contributed by atoms with Gasteiger partial charge in [0.25, 0.3) is 0 Å². The largest absolute Gasteiger partial charge is 0.462 e. The maximum atomic E-state index is 12.2. The molecule has 0 N–H and O–H groups in total. The van der Waals surface area contributed by atoms with Gasteiger partial charge in [0, 0.05) is 18.4 Å². The molecule has 2 fully saturated rings. The topological polar surface area (TPSA) is 88.1 Å². The molecule has 7 nitrogen and oxygen atoms in total. The highest BCUT2D eigenvalue weighted by molar-refractivity contribution is 6.07. The van der Waals surface area contributed by atoms with Crippen molar-refractivity contribution >= 4 is 17.9 Å². The van der Waals surface area contributed by atoms with Crippen LogP contribution in [0, 0.1) is 0 Å². The zero-order valence-corrected chi connectivity index (χ0v) is 11.2. The minimum absolute atomic E-state index is 0.0110. The molecule has 0 amide bonds. The first-order valence-electron chi connectivity index (χ1n) is 6.34. The zero-order valence-electron chi connectivity index (χ0n) is 11.2. The Bertz CT molecular complexity index is 450. The second-order valence-electron chi connectivity index (χ2n) is 4.73. The van der Waals surface area contributed by atoms with E-state index in [2.05, 4.69) is 6.58 Å². The number of cyclic esters (lactones) is 1. The second-order valence-corrected chi connectivity index (χ2v) is 4.73. The van der Waals surface area contributed by atoms with E-state index in [-0.39, 0.29) is 18.6 Å².